The van der Waals surface area contributed by atoms with Gasteiger partial charge in [0, 0.05) is 14.7 Å². The van der Waals surface area contributed by atoms with Crippen LogP contribution in [0.1, 0.15) is 329 Å². The van der Waals surface area contributed by atoms with Crippen molar-refractivity contribution in [1.29, 1.82) is 0 Å². The van der Waals surface area contributed by atoms with Crippen LogP contribution in [0, 0.1) is 0 Å². The Hall–Kier alpha value is -2.89. The quantitative estimate of drug-likeness (QED) is 0.0414. The van der Waals surface area contributed by atoms with Crippen molar-refractivity contribution >= 4 is 20.4 Å². The number of alkyl halides is 3. The first-order valence-corrected chi connectivity index (χ1v) is 38.1. The van der Waals surface area contributed by atoms with E-state index >= 15 is 0 Å². The maximum absolute atomic E-state index is 14.5. The monoisotopic (exact) mass is 1220 g/mol. The zero-order chi connectivity index (χ0) is 60.3. The molecule has 3 aromatic rings. The summed E-state index contributed by atoms with van der Waals surface area (Å²) in [4.78, 5) is 0.858. The molecule has 0 heterocycles. The van der Waals surface area contributed by atoms with E-state index < -0.39 is 25.9 Å². The fourth-order valence-electron chi connectivity index (χ4n) is 11.4. The number of hydrogen-bond donors (Lipinski definition) is 0. The second-order valence-corrected chi connectivity index (χ2v) is 28.8. The highest BCUT2D eigenvalue weighted by molar-refractivity contribution is 8.33. The van der Waals surface area contributed by atoms with Gasteiger partial charge >= 0.3 is 15.6 Å². The Morgan fingerprint density at radius 2 is 0.440 bits per heavy atom. The lowest BCUT2D eigenvalue weighted by Gasteiger charge is -2.39. The highest BCUT2D eigenvalue weighted by Gasteiger charge is 2.52. The van der Waals surface area contributed by atoms with Crippen molar-refractivity contribution in [1.82, 2.24) is 0 Å². The van der Waals surface area contributed by atoms with Crippen molar-refractivity contribution in [2.45, 2.75) is 349 Å². The highest BCUT2D eigenvalue weighted by Crippen LogP contribution is 2.71. The van der Waals surface area contributed by atoms with E-state index in [0.717, 1.165) is 57.8 Å². The van der Waals surface area contributed by atoms with Crippen molar-refractivity contribution in [2.24, 2.45) is 0 Å². The Kier molecular flexibility index (Phi) is 44.9. The molecule has 0 atom stereocenters. The van der Waals surface area contributed by atoms with E-state index in [1.165, 1.54) is 250 Å². The molecule has 0 amide bonds. The molecule has 0 radical (unpaired) electrons. The summed E-state index contributed by atoms with van der Waals surface area (Å²) >= 11 is 0. The van der Waals surface area contributed by atoms with Crippen LogP contribution >= 0.6 is 10.3 Å². The van der Waals surface area contributed by atoms with Crippen LogP contribution in [0.4, 0.5) is 13.2 Å². The van der Waals surface area contributed by atoms with E-state index in [4.69, 9.17) is 17.8 Å². The molecule has 0 aliphatic carbocycles. The Bertz CT molecular complexity index is 1850. The summed E-state index contributed by atoms with van der Waals surface area (Å²) < 4.78 is 94.4. The lowest BCUT2D eigenvalue weighted by Crippen LogP contribution is -2.27. The third-order valence-electron chi connectivity index (χ3n) is 16.7. The van der Waals surface area contributed by atoms with Crippen molar-refractivity contribution in [2.75, 3.05) is 19.8 Å². The molecule has 84 heavy (non-hydrogen) atoms. The predicted octanol–water partition coefficient (Wildman–Crippen LogP) is 25.7. The summed E-state index contributed by atoms with van der Waals surface area (Å²) in [5, 5.41) is 0. The molecule has 0 unspecified atom stereocenters. The minimum Gasteiger partial charge on any atom is -0.494 e. The third kappa shape index (κ3) is 35.2. The van der Waals surface area contributed by atoms with Crippen molar-refractivity contribution in [3.8, 4) is 17.2 Å². The second-order valence-electron chi connectivity index (χ2n) is 24.4. The third-order valence-corrected chi connectivity index (χ3v) is 21.7. The first-order valence-electron chi connectivity index (χ1n) is 35.1. The van der Waals surface area contributed by atoms with Gasteiger partial charge in [-0.3, -0.25) is 0 Å². The topological polar surface area (TPSA) is 71.1 Å². The van der Waals surface area contributed by atoms with Crippen LogP contribution in [-0.4, -0.2) is 33.7 Å². The van der Waals surface area contributed by atoms with Gasteiger partial charge in [-0.15, -0.1) is 0 Å². The van der Waals surface area contributed by atoms with E-state index in [-0.39, 0.29) is 14.7 Å². The van der Waals surface area contributed by atoms with Crippen LogP contribution in [-0.2, 0) is 13.7 Å². The fraction of sp³-hybridized carbons (Fsp3) is 0.753. The number of benzene rings is 3. The van der Waals surface area contributed by atoms with E-state index in [0.29, 0.717) is 37.1 Å². The molecule has 3 aromatic carbocycles. The second kappa shape index (κ2) is 50.0. The Morgan fingerprint density at radius 3 is 0.607 bits per heavy atom. The van der Waals surface area contributed by atoms with Crippen LogP contribution in [0.2, 0.25) is 0 Å². The van der Waals surface area contributed by atoms with E-state index in [2.05, 4.69) is 20.8 Å². The lowest BCUT2D eigenvalue weighted by atomic mass is 10.0. The van der Waals surface area contributed by atoms with E-state index in [9.17, 15) is 21.6 Å². The average Bonchev–Trinajstić information content (AvgIpc) is 1.02. The van der Waals surface area contributed by atoms with E-state index in [1.807, 2.05) is 0 Å². The standard InChI is InChI=1S/C73H123F3O6S2/c1-4-7-10-13-16-19-22-25-28-31-34-37-40-43-46-49-64-79-67-52-58-70(59-53-67)83(82-84(77,78)73(74,75)76,71-60-54-68(55-61-71)80-65-50-47-44-41-38-35-32-29-26-23-20-17-14-11-8-5-2)72-62-56-69(57-63-72)81-66-51-48-45-42-39-36-33-30-27-24-21-18-15-12-9-6-3/h52-63H,4-51,64-66H2,1-3H3. The predicted molar refractivity (Wildman–Crippen MR) is 353 cm³/mol. The summed E-state index contributed by atoms with van der Waals surface area (Å²) in [6.07, 6.45) is 61.5. The van der Waals surface area contributed by atoms with Gasteiger partial charge in [-0.2, -0.15) is 25.2 Å². The van der Waals surface area contributed by atoms with Crippen LogP contribution in [0.5, 0.6) is 17.2 Å². The molecule has 0 N–H and O–H groups in total. The van der Waals surface area contributed by atoms with Gasteiger partial charge < -0.3 is 14.2 Å². The molecule has 0 fully saturated rings. The molecule has 0 saturated carbocycles. The molecular formula is C73H123F3O6S2. The largest absolute Gasteiger partial charge is 0.524 e. The lowest BCUT2D eigenvalue weighted by molar-refractivity contribution is -0.0496. The number of hydrogen-bond acceptors (Lipinski definition) is 6. The maximum atomic E-state index is 14.5. The van der Waals surface area contributed by atoms with Gasteiger partial charge in [0.25, 0.3) is 0 Å². The number of unbranched alkanes of at least 4 members (excludes halogenated alkanes) is 45. The number of ether oxygens (including phenoxy) is 3. The Morgan fingerprint density at radius 1 is 0.274 bits per heavy atom. The molecule has 0 aliphatic rings. The van der Waals surface area contributed by atoms with Gasteiger partial charge in [0.2, 0.25) is 0 Å². The summed E-state index contributed by atoms with van der Waals surface area (Å²) in [5.41, 5.74) is -5.66. The van der Waals surface area contributed by atoms with Gasteiger partial charge in [0.05, 0.1) is 19.8 Å². The molecule has 11 heteroatoms. The molecule has 0 saturated heterocycles. The summed E-state index contributed by atoms with van der Waals surface area (Å²) in [6.45, 7) is 8.34. The van der Waals surface area contributed by atoms with Gasteiger partial charge in [-0.25, -0.2) is 0 Å². The van der Waals surface area contributed by atoms with Crippen LogP contribution in [0.3, 0.4) is 0 Å². The van der Waals surface area contributed by atoms with Gasteiger partial charge in [0.1, 0.15) is 17.2 Å². The van der Waals surface area contributed by atoms with Gasteiger partial charge in [-0.05, 0) is 102 Å². The smallest absolute Gasteiger partial charge is 0.494 e. The zero-order valence-corrected chi connectivity index (χ0v) is 55.5. The van der Waals surface area contributed by atoms with E-state index in [1.54, 1.807) is 72.8 Å². The summed E-state index contributed by atoms with van der Waals surface area (Å²) in [6, 6.07) is 20.1. The van der Waals surface area contributed by atoms with Crippen molar-refractivity contribution < 1.29 is 39.4 Å². The van der Waals surface area contributed by atoms with Crippen LogP contribution in [0.25, 0.3) is 0 Å². The SMILES string of the molecule is CCCCCCCCCCCCCCCCCCOc1ccc(S(OS(=O)(=O)C(F)(F)F)(c2ccc(OCCCCCCCCCCCCCCCCCC)cc2)c2ccc(OCCCCCCCCCCCCCCCCCC)cc2)cc1. The van der Waals surface area contributed by atoms with Gasteiger partial charge in [0.15, 0.2) is 0 Å². The Labute approximate surface area is 516 Å². The maximum Gasteiger partial charge on any atom is 0.524 e. The molecule has 0 aliphatic heterocycles. The zero-order valence-electron chi connectivity index (χ0n) is 53.9. The van der Waals surface area contributed by atoms with Gasteiger partial charge in [-0.1, -0.05) is 310 Å². The molecule has 3 rings (SSSR count). The molecule has 0 spiro atoms. The first-order chi connectivity index (χ1) is 41.1. The van der Waals surface area contributed by atoms with Crippen molar-refractivity contribution in [3.05, 3.63) is 72.8 Å². The minimum absolute atomic E-state index is 0.286. The molecular weight excluding hydrogens is 1090 g/mol. The molecule has 484 valence electrons. The molecule has 0 bridgehead atoms. The highest BCUT2D eigenvalue weighted by atomic mass is 32.3. The average molecular weight is 1220 g/mol. The van der Waals surface area contributed by atoms with Crippen LogP contribution < -0.4 is 14.2 Å². The first kappa shape index (κ1) is 75.4. The minimum atomic E-state index is -6.11. The molecule has 0 aromatic heterocycles. The van der Waals surface area contributed by atoms with Crippen LogP contribution in [0.15, 0.2) is 87.5 Å². The summed E-state index contributed by atoms with van der Waals surface area (Å²) in [7, 11) is -9.66. The molecule has 6 nitrogen and oxygen atoms in total. The normalized spacial score (nSPS) is 12.3. The number of rotatable bonds is 59. The Balaban J connectivity index is 1.59. The number of halogens is 3. The van der Waals surface area contributed by atoms with Crippen molar-refractivity contribution in [3.63, 3.8) is 0 Å². The fourth-order valence-corrected chi connectivity index (χ4v) is 16.1. The summed E-state index contributed by atoms with van der Waals surface area (Å²) in [5.74, 6) is 1.67.